The van der Waals surface area contributed by atoms with Crippen molar-refractivity contribution in [3.05, 3.63) is 29.8 Å². The van der Waals surface area contributed by atoms with Crippen LogP contribution in [0.1, 0.15) is 26.7 Å². The highest BCUT2D eigenvalue weighted by Gasteiger charge is 2.35. The Morgan fingerprint density at radius 1 is 1.25 bits per heavy atom. The number of carbonyl (C=O) groups excluding carboxylic acids is 2. The Labute approximate surface area is 163 Å². The van der Waals surface area contributed by atoms with Crippen LogP contribution >= 0.6 is 0 Å². The van der Waals surface area contributed by atoms with Gasteiger partial charge >= 0.3 is 5.97 Å². The van der Waals surface area contributed by atoms with Gasteiger partial charge in [-0.1, -0.05) is 0 Å². The van der Waals surface area contributed by atoms with Gasteiger partial charge in [0, 0.05) is 19.2 Å². The molecule has 156 valence electrons. The number of nitrogens with zero attached hydrogens (tertiary/aromatic N) is 2. The number of carbonyl (C=O) groups is 2. The molecular formula is C18H24F2N2O5S. The number of halogens is 2. The van der Waals surface area contributed by atoms with Gasteiger partial charge in [-0.05, 0) is 38.8 Å². The van der Waals surface area contributed by atoms with Crippen LogP contribution in [0.15, 0.2) is 18.2 Å². The fraction of sp³-hybridized carbons (Fsp3) is 0.556. The molecule has 0 aromatic heterocycles. The van der Waals surface area contributed by atoms with Crippen LogP contribution in [0, 0.1) is 17.6 Å². The van der Waals surface area contributed by atoms with E-state index in [0.717, 1.165) is 28.8 Å². The van der Waals surface area contributed by atoms with E-state index in [1.165, 1.54) is 11.8 Å². The van der Waals surface area contributed by atoms with Crippen LogP contribution in [-0.2, 0) is 24.3 Å². The third kappa shape index (κ3) is 4.98. The Balaban J connectivity index is 2.17. The number of likely N-dealkylation sites (tertiary alicyclic amines) is 1. The van der Waals surface area contributed by atoms with E-state index in [-0.39, 0.29) is 37.3 Å². The zero-order chi connectivity index (χ0) is 21.1. The highest BCUT2D eigenvalue weighted by atomic mass is 32.2. The zero-order valence-corrected chi connectivity index (χ0v) is 16.8. The molecule has 0 radical (unpaired) electrons. The molecule has 0 bridgehead atoms. The summed E-state index contributed by atoms with van der Waals surface area (Å²) in [6, 6.07) is 1.51. The van der Waals surface area contributed by atoms with E-state index in [2.05, 4.69) is 0 Å². The summed E-state index contributed by atoms with van der Waals surface area (Å²) in [5, 5.41) is 0. The number of hydrogen-bond donors (Lipinski definition) is 0. The van der Waals surface area contributed by atoms with Gasteiger partial charge in [-0.2, -0.15) is 0 Å². The monoisotopic (exact) mass is 418 g/mol. The van der Waals surface area contributed by atoms with E-state index in [4.69, 9.17) is 4.74 Å². The van der Waals surface area contributed by atoms with Crippen molar-refractivity contribution >= 4 is 27.6 Å². The summed E-state index contributed by atoms with van der Waals surface area (Å²) in [7, 11) is -3.94. The Kier molecular flexibility index (Phi) is 6.97. The van der Waals surface area contributed by atoms with Crippen LogP contribution in [0.2, 0.25) is 0 Å². The predicted molar refractivity (Wildman–Crippen MR) is 99.1 cm³/mol. The van der Waals surface area contributed by atoms with Crippen molar-refractivity contribution in [1.29, 1.82) is 0 Å². The van der Waals surface area contributed by atoms with E-state index in [9.17, 15) is 26.8 Å². The lowest BCUT2D eigenvalue weighted by molar-refractivity contribution is -0.151. The van der Waals surface area contributed by atoms with Gasteiger partial charge in [0.05, 0.1) is 24.5 Å². The first-order valence-corrected chi connectivity index (χ1v) is 10.8. The summed E-state index contributed by atoms with van der Waals surface area (Å²) in [6.07, 6.45) is 1.73. The number of piperidine rings is 1. The van der Waals surface area contributed by atoms with Crippen LogP contribution in [0.4, 0.5) is 14.5 Å². The minimum atomic E-state index is -3.94. The van der Waals surface area contributed by atoms with Crippen molar-refractivity contribution in [2.24, 2.45) is 5.92 Å². The second kappa shape index (κ2) is 8.85. The third-order valence-corrected chi connectivity index (χ3v) is 5.89. The number of esters is 1. The number of benzene rings is 1. The number of ether oxygens (including phenoxy) is 1. The Morgan fingerprint density at radius 3 is 2.36 bits per heavy atom. The maximum atomic E-state index is 13.6. The van der Waals surface area contributed by atoms with Gasteiger partial charge in [0.25, 0.3) is 0 Å². The molecule has 1 aromatic carbocycles. The summed E-state index contributed by atoms with van der Waals surface area (Å²) in [6.45, 7) is 3.95. The van der Waals surface area contributed by atoms with Crippen LogP contribution < -0.4 is 4.31 Å². The fourth-order valence-corrected chi connectivity index (χ4v) is 4.45. The van der Waals surface area contributed by atoms with Crippen molar-refractivity contribution in [1.82, 2.24) is 4.90 Å². The first kappa shape index (κ1) is 22.1. The Bertz CT molecular complexity index is 838. The number of sulfonamides is 1. The summed E-state index contributed by atoms with van der Waals surface area (Å²) in [5.74, 6) is -3.39. The van der Waals surface area contributed by atoms with Crippen LogP contribution in [0.25, 0.3) is 0 Å². The number of hydrogen-bond acceptors (Lipinski definition) is 5. The molecular weight excluding hydrogens is 394 g/mol. The molecule has 1 aliphatic heterocycles. The first-order valence-electron chi connectivity index (χ1n) is 8.96. The van der Waals surface area contributed by atoms with Crippen molar-refractivity contribution in [2.75, 3.05) is 30.3 Å². The van der Waals surface area contributed by atoms with Crippen LogP contribution in [0.5, 0.6) is 0 Å². The van der Waals surface area contributed by atoms with Gasteiger partial charge in [-0.15, -0.1) is 0 Å². The first-order chi connectivity index (χ1) is 13.1. The normalized spacial score (nSPS) is 16.5. The molecule has 1 atom stereocenters. The van der Waals surface area contributed by atoms with Crippen LogP contribution in [-0.4, -0.2) is 57.2 Å². The van der Waals surface area contributed by atoms with Crippen molar-refractivity contribution in [3.63, 3.8) is 0 Å². The predicted octanol–water partition coefficient (Wildman–Crippen LogP) is 1.92. The van der Waals surface area contributed by atoms with Gasteiger partial charge in [-0.25, -0.2) is 17.2 Å². The molecule has 7 nitrogen and oxygen atoms in total. The standard InChI is InChI=1S/C18H24F2N2O5S/c1-4-27-18(24)13-7-9-21(10-8-13)17(23)12(2)22(28(3,25)26)14-5-6-15(19)16(20)11-14/h5-6,11-13H,4,7-10H2,1-3H3. The average Bonchev–Trinajstić information content (AvgIpc) is 2.63. The molecule has 0 saturated carbocycles. The van der Waals surface area contributed by atoms with E-state index < -0.39 is 33.6 Å². The molecule has 1 amide bonds. The van der Waals surface area contributed by atoms with E-state index in [0.29, 0.717) is 12.8 Å². The maximum Gasteiger partial charge on any atom is 0.309 e. The summed E-state index contributed by atoms with van der Waals surface area (Å²) < 4.78 is 57.1. The average molecular weight is 418 g/mol. The number of amides is 1. The summed E-state index contributed by atoms with van der Waals surface area (Å²) in [4.78, 5) is 26.1. The van der Waals surface area contributed by atoms with E-state index in [1.807, 2.05) is 0 Å². The molecule has 1 aliphatic rings. The molecule has 1 heterocycles. The lowest BCUT2D eigenvalue weighted by Gasteiger charge is -2.36. The zero-order valence-electron chi connectivity index (χ0n) is 16.0. The Morgan fingerprint density at radius 2 is 1.86 bits per heavy atom. The van der Waals surface area contributed by atoms with E-state index in [1.54, 1.807) is 6.92 Å². The fourth-order valence-electron chi connectivity index (χ4n) is 3.28. The second-order valence-electron chi connectivity index (χ2n) is 6.68. The molecule has 0 spiro atoms. The highest BCUT2D eigenvalue weighted by molar-refractivity contribution is 7.92. The van der Waals surface area contributed by atoms with Gasteiger partial charge in [0.15, 0.2) is 11.6 Å². The maximum absolute atomic E-state index is 13.6. The molecule has 1 unspecified atom stereocenters. The van der Waals surface area contributed by atoms with Gasteiger partial charge < -0.3 is 9.64 Å². The van der Waals surface area contributed by atoms with Gasteiger partial charge in [0.2, 0.25) is 15.9 Å². The van der Waals surface area contributed by atoms with Crippen molar-refractivity contribution < 1.29 is 31.5 Å². The minimum Gasteiger partial charge on any atom is -0.466 e. The second-order valence-corrected chi connectivity index (χ2v) is 8.54. The summed E-state index contributed by atoms with van der Waals surface area (Å²) in [5.41, 5.74) is -0.136. The lowest BCUT2D eigenvalue weighted by Crippen LogP contribution is -2.51. The largest absolute Gasteiger partial charge is 0.466 e. The molecule has 0 aliphatic carbocycles. The molecule has 2 rings (SSSR count). The molecule has 1 fully saturated rings. The molecule has 1 saturated heterocycles. The smallest absolute Gasteiger partial charge is 0.309 e. The van der Waals surface area contributed by atoms with E-state index >= 15 is 0 Å². The van der Waals surface area contributed by atoms with Crippen LogP contribution in [0.3, 0.4) is 0 Å². The lowest BCUT2D eigenvalue weighted by atomic mass is 9.96. The SMILES string of the molecule is CCOC(=O)C1CCN(C(=O)C(C)N(c2ccc(F)c(F)c2)S(C)(=O)=O)CC1. The van der Waals surface area contributed by atoms with Crippen molar-refractivity contribution in [3.8, 4) is 0 Å². The topological polar surface area (TPSA) is 84.0 Å². The summed E-state index contributed by atoms with van der Waals surface area (Å²) >= 11 is 0. The number of anilines is 1. The van der Waals surface area contributed by atoms with Gasteiger partial charge in [-0.3, -0.25) is 13.9 Å². The molecule has 10 heteroatoms. The number of rotatable bonds is 6. The molecule has 1 aromatic rings. The third-order valence-electron chi connectivity index (χ3n) is 4.65. The van der Waals surface area contributed by atoms with Crippen molar-refractivity contribution in [2.45, 2.75) is 32.7 Å². The molecule has 28 heavy (non-hydrogen) atoms. The Hall–Kier alpha value is -2.23. The molecule has 0 N–H and O–H groups in total. The van der Waals surface area contributed by atoms with Gasteiger partial charge in [0.1, 0.15) is 6.04 Å². The highest BCUT2D eigenvalue weighted by Crippen LogP contribution is 2.25. The quantitative estimate of drug-likeness (QED) is 0.659. The minimum absolute atomic E-state index is 0.136.